The van der Waals surface area contributed by atoms with E-state index in [1.807, 2.05) is 13.0 Å². The van der Waals surface area contributed by atoms with Crippen LogP contribution in [-0.2, 0) is 9.59 Å². The van der Waals surface area contributed by atoms with E-state index < -0.39 is 5.97 Å². The second-order valence-corrected chi connectivity index (χ2v) is 5.65. The van der Waals surface area contributed by atoms with Gasteiger partial charge in [0.2, 0.25) is 5.91 Å². The van der Waals surface area contributed by atoms with Crippen molar-refractivity contribution in [2.75, 3.05) is 10.6 Å². The fraction of sp³-hybridized carbons (Fsp3) is 0.211. The fourth-order valence-electron chi connectivity index (χ4n) is 2.29. The zero-order chi connectivity index (χ0) is 18.2. The van der Waals surface area contributed by atoms with Gasteiger partial charge in [-0.15, -0.1) is 0 Å². The average Bonchev–Trinajstić information content (AvgIpc) is 2.57. The topological polar surface area (TPSA) is 95.5 Å². The molecule has 0 heterocycles. The van der Waals surface area contributed by atoms with E-state index in [9.17, 15) is 14.4 Å². The molecule has 0 atom stereocenters. The average molecular weight is 340 g/mol. The first-order valence-corrected chi connectivity index (χ1v) is 7.94. The van der Waals surface area contributed by atoms with Gasteiger partial charge < -0.3 is 15.7 Å². The lowest BCUT2D eigenvalue weighted by molar-refractivity contribution is -0.137. The van der Waals surface area contributed by atoms with Crippen LogP contribution in [0.15, 0.2) is 48.5 Å². The number of amides is 2. The van der Waals surface area contributed by atoms with E-state index in [1.165, 1.54) is 0 Å². The minimum Gasteiger partial charge on any atom is -0.481 e. The van der Waals surface area contributed by atoms with Crippen molar-refractivity contribution in [2.45, 2.75) is 26.2 Å². The van der Waals surface area contributed by atoms with Crippen molar-refractivity contribution in [1.29, 1.82) is 0 Å². The Balaban J connectivity index is 1.95. The molecule has 6 nitrogen and oxygen atoms in total. The predicted molar refractivity (Wildman–Crippen MR) is 95.7 cm³/mol. The highest BCUT2D eigenvalue weighted by Crippen LogP contribution is 2.20. The summed E-state index contributed by atoms with van der Waals surface area (Å²) >= 11 is 0. The molecular formula is C19H20N2O4. The first-order chi connectivity index (χ1) is 12.0. The van der Waals surface area contributed by atoms with Crippen molar-refractivity contribution in [1.82, 2.24) is 0 Å². The van der Waals surface area contributed by atoms with E-state index in [2.05, 4.69) is 10.6 Å². The normalized spacial score (nSPS) is 10.1. The minimum absolute atomic E-state index is 0.0309. The van der Waals surface area contributed by atoms with Crippen LogP contribution in [-0.4, -0.2) is 22.9 Å². The van der Waals surface area contributed by atoms with Crippen LogP contribution in [0.5, 0.6) is 0 Å². The van der Waals surface area contributed by atoms with Crippen LogP contribution in [0.3, 0.4) is 0 Å². The maximum absolute atomic E-state index is 12.2. The van der Waals surface area contributed by atoms with Gasteiger partial charge in [0.1, 0.15) is 0 Å². The summed E-state index contributed by atoms with van der Waals surface area (Å²) in [4.78, 5) is 34.4. The molecule has 0 fully saturated rings. The monoisotopic (exact) mass is 340 g/mol. The smallest absolute Gasteiger partial charge is 0.303 e. The fourth-order valence-corrected chi connectivity index (χ4v) is 2.29. The lowest BCUT2D eigenvalue weighted by Gasteiger charge is -2.11. The van der Waals surface area contributed by atoms with Crippen molar-refractivity contribution < 1.29 is 19.5 Å². The molecule has 3 N–H and O–H groups in total. The van der Waals surface area contributed by atoms with Crippen LogP contribution >= 0.6 is 0 Å². The summed E-state index contributed by atoms with van der Waals surface area (Å²) in [6.07, 6.45) is 0.417. The number of anilines is 2. The molecule has 2 amide bonds. The predicted octanol–water partition coefficient (Wildman–Crippen LogP) is 3.44. The van der Waals surface area contributed by atoms with Gasteiger partial charge in [0, 0.05) is 29.8 Å². The van der Waals surface area contributed by atoms with E-state index in [4.69, 9.17) is 5.11 Å². The van der Waals surface area contributed by atoms with Gasteiger partial charge in [-0.05, 0) is 49.2 Å². The maximum Gasteiger partial charge on any atom is 0.303 e. The number of benzene rings is 2. The highest BCUT2D eigenvalue weighted by Gasteiger charge is 2.09. The summed E-state index contributed by atoms with van der Waals surface area (Å²) in [6.45, 7) is 1.83. The quantitative estimate of drug-likeness (QED) is 0.719. The molecule has 2 aromatic carbocycles. The van der Waals surface area contributed by atoms with Crippen molar-refractivity contribution in [3.63, 3.8) is 0 Å². The van der Waals surface area contributed by atoms with E-state index in [-0.39, 0.29) is 24.7 Å². The van der Waals surface area contributed by atoms with Gasteiger partial charge in [0.15, 0.2) is 0 Å². The van der Waals surface area contributed by atoms with Crippen molar-refractivity contribution in [3.8, 4) is 0 Å². The van der Waals surface area contributed by atoms with Crippen molar-refractivity contribution >= 4 is 29.2 Å². The summed E-state index contributed by atoms with van der Waals surface area (Å²) in [5.74, 6) is -1.35. The Bertz CT molecular complexity index is 772. The Morgan fingerprint density at radius 2 is 1.68 bits per heavy atom. The van der Waals surface area contributed by atoms with E-state index >= 15 is 0 Å². The number of hydrogen-bond donors (Lipinski definition) is 3. The zero-order valence-electron chi connectivity index (χ0n) is 13.9. The van der Waals surface area contributed by atoms with Crippen LogP contribution < -0.4 is 10.6 Å². The first kappa shape index (κ1) is 18.2. The number of aryl methyl sites for hydroxylation is 1. The number of rotatable bonds is 7. The molecule has 25 heavy (non-hydrogen) atoms. The van der Waals surface area contributed by atoms with Gasteiger partial charge in [-0.25, -0.2) is 0 Å². The third-order valence-electron chi connectivity index (χ3n) is 3.59. The van der Waals surface area contributed by atoms with E-state index in [1.54, 1.807) is 42.5 Å². The Morgan fingerprint density at radius 1 is 0.960 bits per heavy atom. The van der Waals surface area contributed by atoms with Gasteiger partial charge in [0.05, 0.1) is 0 Å². The Morgan fingerprint density at radius 3 is 2.32 bits per heavy atom. The van der Waals surface area contributed by atoms with Crippen LogP contribution in [0.25, 0.3) is 0 Å². The number of hydrogen-bond acceptors (Lipinski definition) is 3. The number of nitrogens with one attached hydrogen (secondary N) is 2. The molecule has 0 saturated carbocycles. The summed E-state index contributed by atoms with van der Waals surface area (Å²) in [6, 6.07) is 14.1. The highest BCUT2D eigenvalue weighted by atomic mass is 16.4. The van der Waals surface area contributed by atoms with Crippen LogP contribution in [0.1, 0.15) is 35.2 Å². The van der Waals surface area contributed by atoms with Gasteiger partial charge in [-0.2, -0.15) is 0 Å². The Hall–Kier alpha value is -3.15. The lowest BCUT2D eigenvalue weighted by Crippen LogP contribution is -2.14. The van der Waals surface area contributed by atoms with Gasteiger partial charge in [-0.3, -0.25) is 14.4 Å². The first-order valence-electron chi connectivity index (χ1n) is 7.94. The number of carboxylic acids is 1. The zero-order valence-corrected chi connectivity index (χ0v) is 13.9. The largest absolute Gasteiger partial charge is 0.481 e. The summed E-state index contributed by atoms with van der Waals surface area (Å²) in [5.41, 5.74) is 2.65. The number of aliphatic carboxylic acids is 1. The van der Waals surface area contributed by atoms with Gasteiger partial charge in [0.25, 0.3) is 5.91 Å². The second kappa shape index (κ2) is 8.63. The molecule has 0 bridgehead atoms. The minimum atomic E-state index is -0.915. The Labute approximate surface area is 145 Å². The number of carboxylic acid groups (broad SMARTS) is 1. The summed E-state index contributed by atoms with van der Waals surface area (Å²) in [5, 5.41) is 14.1. The molecule has 2 aromatic rings. The van der Waals surface area contributed by atoms with Gasteiger partial charge >= 0.3 is 5.97 Å². The van der Waals surface area contributed by atoms with Crippen LogP contribution in [0.4, 0.5) is 11.4 Å². The molecule has 6 heteroatoms. The summed E-state index contributed by atoms with van der Waals surface area (Å²) < 4.78 is 0. The number of carbonyl (C=O) groups is 3. The standard InChI is InChI=1S/C19H20N2O4/c1-13-12-15(20-17(22)8-5-9-18(23)24)10-11-16(13)21-19(25)14-6-3-2-4-7-14/h2-4,6-7,10-12H,5,8-9H2,1H3,(H,20,22)(H,21,25)(H,23,24). The Kier molecular flexibility index (Phi) is 6.28. The third kappa shape index (κ3) is 5.76. The maximum atomic E-state index is 12.2. The second-order valence-electron chi connectivity index (χ2n) is 5.65. The molecular weight excluding hydrogens is 320 g/mol. The molecule has 0 spiro atoms. The van der Waals surface area contributed by atoms with Crippen molar-refractivity contribution in [3.05, 3.63) is 59.7 Å². The SMILES string of the molecule is Cc1cc(NC(=O)CCCC(=O)O)ccc1NC(=O)c1ccccc1. The van der Waals surface area contributed by atoms with Gasteiger partial charge in [-0.1, -0.05) is 18.2 Å². The molecule has 130 valence electrons. The highest BCUT2D eigenvalue weighted by molar-refractivity contribution is 6.04. The molecule has 0 aliphatic rings. The third-order valence-corrected chi connectivity index (χ3v) is 3.59. The lowest BCUT2D eigenvalue weighted by atomic mass is 10.1. The van der Waals surface area contributed by atoms with E-state index in [0.29, 0.717) is 23.4 Å². The van der Waals surface area contributed by atoms with Crippen LogP contribution in [0.2, 0.25) is 0 Å². The number of carbonyl (C=O) groups excluding carboxylic acids is 2. The molecule has 2 rings (SSSR count). The summed E-state index contributed by atoms with van der Waals surface area (Å²) in [7, 11) is 0. The molecule has 0 radical (unpaired) electrons. The molecule has 0 unspecified atom stereocenters. The molecule has 0 aliphatic carbocycles. The molecule has 0 aromatic heterocycles. The van der Waals surface area contributed by atoms with Crippen LogP contribution in [0, 0.1) is 6.92 Å². The molecule has 0 saturated heterocycles. The molecule has 0 aliphatic heterocycles. The van der Waals surface area contributed by atoms with E-state index in [0.717, 1.165) is 5.56 Å². The van der Waals surface area contributed by atoms with Crippen molar-refractivity contribution in [2.24, 2.45) is 0 Å².